The van der Waals surface area contributed by atoms with Crippen molar-refractivity contribution in [2.75, 3.05) is 6.61 Å². The van der Waals surface area contributed by atoms with Gasteiger partial charge >= 0.3 is 0 Å². The second kappa shape index (κ2) is 6.23. The zero-order valence-electron chi connectivity index (χ0n) is 12.2. The molecule has 0 aromatic heterocycles. The summed E-state index contributed by atoms with van der Waals surface area (Å²) < 4.78 is 5.84. The highest BCUT2D eigenvalue weighted by Crippen LogP contribution is 2.26. The first-order chi connectivity index (χ1) is 9.06. The van der Waals surface area contributed by atoms with Crippen molar-refractivity contribution in [1.82, 2.24) is 0 Å². The van der Waals surface area contributed by atoms with Crippen LogP contribution in [0.2, 0.25) is 0 Å². The molecular formula is C17H24O2. The van der Waals surface area contributed by atoms with Crippen LogP contribution >= 0.6 is 0 Å². The second-order valence-electron chi connectivity index (χ2n) is 5.93. The zero-order chi connectivity index (χ0) is 13.8. The molecule has 1 saturated carbocycles. The summed E-state index contributed by atoms with van der Waals surface area (Å²) in [5.74, 6) is 2.12. The number of hydrogen-bond acceptors (Lipinski definition) is 2. The number of Topliss-reactive ketones (excluding diaryl/α,β-unsaturated/α-hetero) is 1. The summed E-state index contributed by atoms with van der Waals surface area (Å²) in [6, 6.07) is 6.40. The van der Waals surface area contributed by atoms with Crippen molar-refractivity contribution >= 4 is 5.78 Å². The molecule has 0 bridgehead atoms. The summed E-state index contributed by atoms with van der Waals surface area (Å²) in [6.07, 6.45) is 3.75. The first-order valence-electron chi connectivity index (χ1n) is 7.33. The van der Waals surface area contributed by atoms with E-state index < -0.39 is 0 Å². The molecule has 0 amide bonds. The van der Waals surface area contributed by atoms with Gasteiger partial charge in [-0.05, 0) is 55.4 Å². The molecule has 1 fully saturated rings. The lowest BCUT2D eigenvalue weighted by molar-refractivity contribution is -0.121. The Balaban J connectivity index is 1.90. The Morgan fingerprint density at radius 1 is 1.32 bits per heavy atom. The average molecular weight is 260 g/mol. The first-order valence-corrected chi connectivity index (χ1v) is 7.33. The zero-order valence-corrected chi connectivity index (χ0v) is 12.2. The summed E-state index contributed by atoms with van der Waals surface area (Å²) >= 11 is 0. The van der Waals surface area contributed by atoms with Crippen molar-refractivity contribution in [2.45, 2.75) is 52.4 Å². The number of ketones is 1. The number of aryl methyl sites for hydroxylation is 1. The Hall–Kier alpha value is -1.31. The lowest BCUT2D eigenvalue weighted by Gasteiger charge is -2.13. The standard InChI is InChI=1S/C17H24O2/c1-12(2)15-9-13(3)10-16(11-15)19-8-7-14-5-4-6-17(14)18/h9-12,14H,4-8H2,1-3H3. The van der Waals surface area contributed by atoms with E-state index in [0.29, 0.717) is 18.3 Å². The number of hydrogen-bond donors (Lipinski definition) is 0. The number of carbonyl (C=O) groups is 1. The van der Waals surface area contributed by atoms with Gasteiger partial charge in [0.05, 0.1) is 6.61 Å². The largest absolute Gasteiger partial charge is 0.494 e. The van der Waals surface area contributed by atoms with E-state index in [4.69, 9.17) is 4.74 Å². The predicted molar refractivity (Wildman–Crippen MR) is 77.7 cm³/mol. The fourth-order valence-corrected chi connectivity index (χ4v) is 2.71. The minimum absolute atomic E-state index is 0.245. The average Bonchev–Trinajstić information content (AvgIpc) is 2.74. The first kappa shape index (κ1) is 14.1. The van der Waals surface area contributed by atoms with Gasteiger partial charge in [0, 0.05) is 12.3 Å². The van der Waals surface area contributed by atoms with E-state index in [2.05, 4.69) is 39.0 Å². The number of benzene rings is 1. The van der Waals surface area contributed by atoms with Gasteiger partial charge in [0.25, 0.3) is 0 Å². The van der Waals surface area contributed by atoms with Gasteiger partial charge in [-0.15, -0.1) is 0 Å². The molecule has 1 aliphatic rings. The van der Waals surface area contributed by atoms with Crippen LogP contribution in [0.15, 0.2) is 18.2 Å². The van der Waals surface area contributed by atoms with E-state index >= 15 is 0 Å². The van der Waals surface area contributed by atoms with E-state index in [9.17, 15) is 4.79 Å². The molecule has 2 rings (SSSR count). The quantitative estimate of drug-likeness (QED) is 0.791. The molecule has 1 unspecified atom stereocenters. The van der Waals surface area contributed by atoms with Crippen LogP contribution in [0.5, 0.6) is 5.75 Å². The SMILES string of the molecule is Cc1cc(OCCC2CCCC2=O)cc(C(C)C)c1. The molecule has 19 heavy (non-hydrogen) atoms. The molecule has 2 heteroatoms. The molecular weight excluding hydrogens is 236 g/mol. The molecule has 2 nitrogen and oxygen atoms in total. The summed E-state index contributed by atoms with van der Waals surface area (Å²) in [5.41, 5.74) is 2.55. The minimum atomic E-state index is 0.245. The van der Waals surface area contributed by atoms with Crippen LogP contribution in [0.25, 0.3) is 0 Å². The molecule has 1 aliphatic carbocycles. The van der Waals surface area contributed by atoms with Gasteiger partial charge in [-0.25, -0.2) is 0 Å². The van der Waals surface area contributed by atoms with E-state index in [-0.39, 0.29) is 5.92 Å². The van der Waals surface area contributed by atoms with Crippen molar-refractivity contribution in [2.24, 2.45) is 5.92 Å². The molecule has 104 valence electrons. The topological polar surface area (TPSA) is 26.3 Å². The van der Waals surface area contributed by atoms with Crippen molar-refractivity contribution in [3.05, 3.63) is 29.3 Å². The van der Waals surface area contributed by atoms with E-state index in [1.165, 1.54) is 11.1 Å². The highest BCUT2D eigenvalue weighted by molar-refractivity contribution is 5.82. The fraction of sp³-hybridized carbons (Fsp3) is 0.588. The number of carbonyl (C=O) groups excluding carboxylic acids is 1. The summed E-state index contributed by atoms with van der Waals surface area (Å²) in [4.78, 5) is 11.6. The molecule has 0 spiro atoms. The molecule has 1 atom stereocenters. The van der Waals surface area contributed by atoms with E-state index in [1.807, 2.05) is 0 Å². The van der Waals surface area contributed by atoms with Crippen LogP contribution < -0.4 is 4.74 Å². The number of rotatable bonds is 5. The molecule has 0 radical (unpaired) electrons. The van der Waals surface area contributed by atoms with Gasteiger partial charge in [0.1, 0.15) is 11.5 Å². The van der Waals surface area contributed by atoms with Crippen LogP contribution in [-0.4, -0.2) is 12.4 Å². The van der Waals surface area contributed by atoms with Crippen LogP contribution in [0.1, 0.15) is 56.6 Å². The molecule has 0 saturated heterocycles. The summed E-state index contributed by atoms with van der Waals surface area (Å²) in [5, 5.41) is 0. The Labute approximate surface area is 116 Å². The van der Waals surface area contributed by atoms with E-state index in [1.54, 1.807) is 0 Å². The van der Waals surface area contributed by atoms with Gasteiger partial charge in [-0.1, -0.05) is 19.9 Å². The lowest BCUT2D eigenvalue weighted by Crippen LogP contribution is -2.11. The summed E-state index contributed by atoms with van der Waals surface area (Å²) in [7, 11) is 0. The normalized spacial score (nSPS) is 19.2. The Morgan fingerprint density at radius 3 is 2.74 bits per heavy atom. The van der Waals surface area contributed by atoms with Gasteiger partial charge in [0.15, 0.2) is 0 Å². The van der Waals surface area contributed by atoms with Gasteiger partial charge in [0.2, 0.25) is 0 Å². The van der Waals surface area contributed by atoms with Crippen LogP contribution in [0.4, 0.5) is 0 Å². The Morgan fingerprint density at radius 2 is 2.11 bits per heavy atom. The second-order valence-corrected chi connectivity index (χ2v) is 5.93. The predicted octanol–water partition coefficient (Wildman–Crippen LogP) is 4.26. The highest BCUT2D eigenvalue weighted by Gasteiger charge is 2.23. The molecule has 1 aromatic rings. The Bertz CT molecular complexity index is 449. The summed E-state index contributed by atoms with van der Waals surface area (Å²) in [6.45, 7) is 7.13. The molecule has 0 aliphatic heterocycles. The van der Waals surface area contributed by atoms with Gasteiger partial charge in [-0.2, -0.15) is 0 Å². The maximum atomic E-state index is 11.6. The third-order valence-electron chi connectivity index (χ3n) is 3.91. The molecule has 0 heterocycles. The number of ether oxygens (including phenoxy) is 1. The lowest BCUT2D eigenvalue weighted by atomic mass is 10.0. The van der Waals surface area contributed by atoms with E-state index in [0.717, 1.165) is 31.4 Å². The third-order valence-corrected chi connectivity index (χ3v) is 3.91. The van der Waals surface area contributed by atoms with Crippen LogP contribution in [0.3, 0.4) is 0 Å². The maximum absolute atomic E-state index is 11.6. The smallest absolute Gasteiger partial charge is 0.136 e. The van der Waals surface area contributed by atoms with Crippen LogP contribution in [0, 0.1) is 12.8 Å². The third kappa shape index (κ3) is 3.82. The molecule has 1 aromatic carbocycles. The highest BCUT2D eigenvalue weighted by atomic mass is 16.5. The minimum Gasteiger partial charge on any atom is -0.494 e. The van der Waals surface area contributed by atoms with Crippen LogP contribution in [-0.2, 0) is 4.79 Å². The van der Waals surface area contributed by atoms with Crippen molar-refractivity contribution in [3.8, 4) is 5.75 Å². The fourth-order valence-electron chi connectivity index (χ4n) is 2.71. The van der Waals surface area contributed by atoms with Crippen molar-refractivity contribution in [1.29, 1.82) is 0 Å². The van der Waals surface area contributed by atoms with Gasteiger partial charge in [-0.3, -0.25) is 4.79 Å². The van der Waals surface area contributed by atoms with Crippen molar-refractivity contribution < 1.29 is 9.53 Å². The van der Waals surface area contributed by atoms with Gasteiger partial charge < -0.3 is 4.74 Å². The van der Waals surface area contributed by atoms with Crippen molar-refractivity contribution in [3.63, 3.8) is 0 Å². The molecule has 0 N–H and O–H groups in total. The monoisotopic (exact) mass is 260 g/mol. The Kier molecular flexibility index (Phi) is 4.62. The maximum Gasteiger partial charge on any atom is 0.136 e.